The summed E-state index contributed by atoms with van der Waals surface area (Å²) in [5.74, 6) is 0. The summed E-state index contributed by atoms with van der Waals surface area (Å²) in [4.78, 5) is 2.57. The predicted molar refractivity (Wildman–Crippen MR) is 61.7 cm³/mol. The van der Waals surface area contributed by atoms with Gasteiger partial charge in [0.1, 0.15) is 0 Å². The van der Waals surface area contributed by atoms with Crippen LogP contribution in [0.15, 0.2) is 16.8 Å². The first-order valence-electron chi connectivity index (χ1n) is 5.32. The van der Waals surface area contributed by atoms with E-state index in [1.54, 1.807) is 11.3 Å². The van der Waals surface area contributed by atoms with Crippen LogP contribution in [0.2, 0.25) is 0 Å². The van der Waals surface area contributed by atoms with Crippen LogP contribution in [-0.4, -0.2) is 30.6 Å². The molecule has 1 fully saturated rings. The normalized spacial score (nSPS) is 24.8. The van der Waals surface area contributed by atoms with Gasteiger partial charge in [0.25, 0.3) is 0 Å². The molecule has 1 aliphatic heterocycles. The van der Waals surface area contributed by atoms with Gasteiger partial charge in [0.2, 0.25) is 0 Å². The van der Waals surface area contributed by atoms with Gasteiger partial charge in [-0.1, -0.05) is 0 Å². The molecule has 14 heavy (non-hydrogen) atoms. The molecule has 1 aromatic rings. The van der Waals surface area contributed by atoms with Crippen LogP contribution in [0.3, 0.4) is 0 Å². The fourth-order valence-electron chi connectivity index (χ4n) is 1.91. The molecule has 2 rings (SSSR count). The van der Waals surface area contributed by atoms with Crippen molar-refractivity contribution in [2.24, 2.45) is 0 Å². The molecule has 1 saturated heterocycles. The molecule has 3 heteroatoms. The summed E-state index contributed by atoms with van der Waals surface area (Å²) in [6.07, 6.45) is 1.27. The molecule has 1 aliphatic rings. The van der Waals surface area contributed by atoms with Crippen LogP contribution in [0.25, 0.3) is 0 Å². The molecule has 0 bridgehead atoms. The van der Waals surface area contributed by atoms with E-state index in [9.17, 15) is 0 Å². The number of thiophene rings is 1. The molecular weight excluding hydrogens is 192 g/mol. The summed E-state index contributed by atoms with van der Waals surface area (Å²) >= 11 is 1.79. The van der Waals surface area contributed by atoms with E-state index in [-0.39, 0.29) is 0 Å². The largest absolute Gasteiger partial charge is 0.315 e. The van der Waals surface area contributed by atoms with Crippen molar-refractivity contribution in [1.82, 2.24) is 10.2 Å². The smallest absolute Gasteiger partial charge is 0.0245 e. The number of hydrogen-bond donors (Lipinski definition) is 1. The zero-order chi connectivity index (χ0) is 9.80. The van der Waals surface area contributed by atoms with Gasteiger partial charge in [0.15, 0.2) is 0 Å². The molecular formula is C11H18N2S. The van der Waals surface area contributed by atoms with Crippen LogP contribution in [-0.2, 0) is 6.54 Å². The first-order chi connectivity index (χ1) is 6.86. The van der Waals surface area contributed by atoms with Crippen molar-refractivity contribution in [3.63, 3.8) is 0 Å². The van der Waals surface area contributed by atoms with Crippen molar-refractivity contribution < 1.29 is 0 Å². The van der Waals surface area contributed by atoms with E-state index >= 15 is 0 Å². The number of nitrogens with zero attached hydrogens (tertiary/aromatic N) is 1. The molecule has 1 N–H and O–H groups in total. The van der Waals surface area contributed by atoms with Gasteiger partial charge in [-0.2, -0.15) is 11.3 Å². The monoisotopic (exact) mass is 210 g/mol. The minimum atomic E-state index is 0.713. The van der Waals surface area contributed by atoms with Gasteiger partial charge >= 0.3 is 0 Å². The highest BCUT2D eigenvalue weighted by molar-refractivity contribution is 7.07. The second-order valence-corrected chi connectivity index (χ2v) is 4.77. The van der Waals surface area contributed by atoms with Gasteiger partial charge in [-0.05, 0) is 42.3 Å². The molecule has 0 aromatic carbocycles. The number of rotatable bonds is 2. The maximum atomic E-state index is 3.45. The third-order valence-electron chi connectivity index (χ3n) is 2.90. The van der Waals surface area contributed by atoms with Gasteiger partial charge < -0.3 is 5.32 Å². The van der Waals surface area contributed by atoms with E-state index in [0.717, 1.165) is 13.1 Å². The molecule has 78 valence electrons. The first-order valence-corrected chi connectivity index (χ1v) is 6.26. The van der Waals surface area contributed by atoms with E-state index in [0.29, 0.717) is 6.04 Å². The Morgan fingerprint density at radius 3 is 3.29 bits per heavy atom. The summed E-state index contributed by atoms with van der Waals surface area (Å²) in [5, 5.41) is 7.87. The van der Waals surface area contributed by atoms with Gasteiger partial charge in [-0.15, -0.1) is 0 Å². The highest BCUT2D eigenvalue weighted by Crippen LogP contribution is 2.13. The van der Waals surface area contributed by atoms with E-state index < -0.39 is 0 Å². The average Bonchev–Trinajstić information content (AvgIpc) is 2.60. The molecule has 1 unspecified atom stereocenters. The SMILES string of the molecule is CC1CCNCCN1Cc1ccsc1. The van der Waals surface area contributed by atoms with Crippen molar-refractivity contribution in [2.45, 2.75) is 25.9 Å². The standard InChI is InChI=1S/C11H18N2S/c1-10-2-4-12-5-6-13(10)8-11-3-7-14-9-11/h3,7,9-10,12H,2,4-6,8H2,1H3. The number of hydrogen-bond acceptors (Lipinski definition) is 3. The fraction of sp³-hybridized carbons (Fsp3) is 0.636. The van der Waals surface area contributed by atoms with E-state index in [1.807, 2.05) is 0 Å². The molecule has 0 amide bonds. The van der Waals surface area contributed by atoms with Gasteiger partial charge in [-0.3, -0.25) is 4.90 Å². The van der Waals surface area contributed by atoms with Crippen molar-refractivity contribution in [1.29, 1.82) is 0 Å². The Morgan fingerprint density at radius 1 is 1.57 bits per heavy atom. The van der Waals surface area contributed by atoms with Crippen molar-refractivity contribution >= 4 is 11.3 Å². The fourth-order valence-corrected chi connectivity index (χ4v) is 2.57. The summed E-state index contributed by atoms with van der Waals surface area (Å²) < 4.78 is 0. The Kier molecular flexibility index (Phi) is 3.56. The van der Waals surface area contributed by atoms with Crippen molar-refractivity contribution in [3.8, 4) is 0 Å². The lowest BCUT2D eigenvalue weighted by atomic mass is 10.2. The van der Waals surface area contributed by atoms with Crippen LogP contribution < -0.4 is 5.32 Å². The molecule has 0 saturated carbocycles. The molecule has 2 nitrogen and oxygen atoms in total. The maximum absolute atomic E-state index is 3.45. The maximum Gasteiger partial charge on any atom is 0.0245 e. The van der Waals surface area contributed by atoms with Gasteiger partial charge in [-0.25, -0.2) is 0 Å². The minimum absolute atomic E-state index is 0.713. The van der Waals surface area contributed by atoms with E-state index in [2.05, 4.69) is 34.0 Å². The Bertz CT molecular complexity index is 258. The van der Waals surface area contributed by atoms with Gasteiger partial charge in [0.05, 0.1) is 0 Å². The zero-order valence-electron chi connectivity index (χ0n) is 8.70. The van der Waals surface area contributed by atoms with Gasteiger partial charge in [0, 0.05) is 25.7 Å². The zero-order valence-corrected chi connectivity index (χ0v) is 9.52. The molecule has 1 aromatic heterocycles. The lowest BCUT2D eigenvalue weighted by Crippen LogP contribution is -2.33. The van der Waals surface area contributed by atoms with E-state index in [4.69, 9.17) is 0 Å². The van der Waals surface area contributed by atoms with Crippen molar-refractivity contribution in [2.75, 3.05) is 19.6 Å². The second kappa shape index (κ2) is 4.91. The number of nitrogens with one attached hydrogen (secondary N) is 1. The Morgan fingerprint density at radius 2 is 2.50 bits per heavy atom. The summed E-state index contributed by atoms with van der Waals surface area (Å²) in [7, 11) is 0. The third-order valence-corrected chi connectivity index (χ3v) is 3.64. The highest BCUT2D eigenvalue weighted by Gasteiger charge is 2.16. The lowest BCUT2D eigenvalue weighted by molar-refractivity contribution is 0.212. The van der Waals surface area contributed by atoms with Crippen molar-refractivity contribution in [3.05, 3.63) is 22.4 Å². The third kappa shape index (κ3) is 2.56. The topological polar surface area (TPSA) is 15.3 Å². The van der Waals surface area contributed by atoms with Crippen LogP contribution >= 0.6 is 11.3 Å². The lowest BCUT2D eigenvalue weighted by Gasteiger charge is -2.25. The highest BCUT2D eigenvalue weighted by atomic mass is 32.1. The second-order valence-electron chi connectivity index (χ2n) is 3.99. The average molecular weight is 210 g/mol. The first kappa shape index (κ1) is 10.1. The summed E-state index contributed by atoms with van der Waals surface area (Å²) in [6.45, 7) is 6.93. The van der Waals surface area contributed by atoms with E-state index in [1.165, 1.54) is 25.1 Å². The molecule has 0 aliphatic carbocycles. The summed E-state index contributed by atoms with van der Waals surface area (Å²) in [5.41, 5.74) is 1.46. The summed E-state index contributed by atoms with van der Waals surface area (Å²) in [6, 6.07) is 2.94. The predicted octanol–water partition coefficient (Wildman–Crippen LogP) is 1.93. The molecule has 1 atom stereocenters. The molecule has 0 radical (unpaired) electrons. The molecule has 0 spiro atoms. The Labute approximate surface area is 89.9 Å². The van der Waals surface area contributed by atoms with Crippen LogP contribution in [0.4, 0.5) is 0 Å². The molecule has 2 heterocycles. The minimum Gasteiger partial charge on any atom is -0.315 e. The quantitative estimate of drug-likeness (QED) is 0.802. The van der Waals surface area contributed by atoms with Crippen LogP contribution in [0.1, 0.15) is 18.9 Å². The van der Waals surface area contributed by atoms with Crippen LogP contribution in [0.5, 0.6) is 0 Å². The van der Waals surface area contributed by atoms with Crippen LogP contribution in [0, 0.1) is 0 Å². The Hall–Kier alpha value is -0.380. The Balaban J connectivity index is 1.94.